The zero-order valence-corrected chi connectivity index (χ0v) is 15.9. The van der Waals surface area contributed by atoms with Crippen molar-refractivity contribution in [3.05, 3.63) is 64.2 Å². The van der Waals surface area contributed by atoms with E-state index in [0.29, 0.717) is 16.5 Å². The van der Waals surface area contributed by atoms with Crippen LogP contribution in [-0.2, 0) is 9.59 Å². The molecule has 0 saturated carbocycles. The van der Waals surface area contributed by atoms with E-state index in [1.54, 1.807) is 12.1 Å². The standard InChI is InChI=1S/C20H21ClN2O4/c1-13-10-16(11-14(2)20(13)21)27-12-18(24)23-22-17(8-9-19(25)26)15-6-4-3-5-7-15/h3-7,10-11H,8-9,12H2,1-2H3,(H,23,24)(H,25,26). The van der Waals surface area contributed by atoms with Crippen LogP contribution < -0.4 is 10.2 Å². The second-order valence-electron chi connectivity index (χ2n) is 6.01. The van der Waals surface area contributed by atoms with E-state index in [1.165, 1.54) is 0 Å². The van der Waals surface area contributed by atoms with Crippen molar-refractivity contribution in [2.75, 3.05) is 6.61 Å². The van der Waals surface area contributed by atoms with Gasteiger partial charge in [-0.15, -0.1) is 0 Å². The van der Waals surface area contributed by atoms with Crippen LogP contribution in [0.1, 0.15) is 29.5 Å². The van der Waals surface area contributed by atoms with Crippen LogP contribution in [0.4, 0.5) is 0 Å². The zero-order chi connectivity index (χ0) is 19.8. The summed E-state index contributed by atoms with van der Waals surface area (Å²) in [4.78, 5) is 22.9. The molecule has 0 aliphatic heterocycles. The van der Waals surface area contributed by atoms with Gasteiger partial charge in [-0.05, 0) is 42.7 Å². The summed E-state index contributed by atoms with van der Waals surface area (Å²) in [6.45, 7) is 3.51. The number of carboxylic acids is 1. The van der Waals surface area contributed by atoms with E-state index in [4.69, 9.17) is 21.4 Å². The number of hydrazone groups is 1. The number of carbonyl (C=O) groups excluding carboxylic acids is 1. The lowest BCUT2D eigenvalue weighted by molar-refractivity contribution is -0.136. The monoisotopic (exact) mass is 388 g/mol. The fourth-order valence-electron chi connectivity index (χ4n) is 2.42. The number of hydrogen-bond acceptors (Lipinski definition) is 4. The van der Waals surface area contributed by atoms with E-state index in [2.05, 4.69) is 10.5 Å². The summed E-state index contributed by atoms with van der Waals surface area (Å²) in [5.41, 5.74) is 5.40. The maximum Gasteiger partial charge on any atom is 0.303 e. The Bertz CT molecular complexity index is 827. The van der Waals surface area contributed by atoms with Gasteiger partial charge in [-0.3, -0.25) is 9.59 Å². The number of nitrogens with one attached hydrogen (secondary N) is 1. The van der Waals surface area contributed by atoms with Gasteiger partial charge in [-0.25, -0.2) is 5.43 Å². The van der Waals surface area contributed by atoms with E-state index < -0.39 is 11.9 Å². The summed E-state index contributed by atoms with van der Waals surface area (Å²) in [6.07, 6.45) is 0.124. The predicted molar refractivity (Wildman–Crippen MR) is 104 cm³/mol. The van der Waals surface area contributed by atoms with Gasteiger partial charge in [0.15, 0.2) is 6.61 Å². The Labute approximate surface area is 162 Å². The number of nitrogens with zero attached hydrogens (tertiary/aromatic N) is 1. The molecule has 2 aromatic rings. The van der Waals surface area contributed by atoms with Crippen molar-refractivity contribution in [1.82, 2.24) is 5.43 Å². The summed E-state index contributed by atoms with van der Waals surface area (Å²) < 4.78 is 5.49. The van der Waals surface area contributed by atoms with Gasteiger partial charge < -0.3 is 9.84 Å². The highest BCUT2D eigenvalue weighted by Gasteiger charge is 2.09. The molecule has 0 saturated heterocycles. The number of amides is 1. The van der Waals surface area contributed by atoms with Gasteiger partial charge in [0.2, 0.25) is 0 Å². The first kappa shape index (κ1) is 20.5. The van der Waals surface area contributed by atoms with Crippen LogP contribution in [0.15, 0.2) is 47.6 Å². The second-order valence-corrected chi connectivity index (χ2v) is 6.39. The molecular weight excluding hydrogens is 368 g/mol. The average molecular weight is 389 g/mol. The third-order valence-electron chi connectivity index (χ3n) is 3.78. The lowest BCUT2D eigenvalue weighted by atomic mass is 10.1. The highest BCUT2D eigenvalue weighted by molar-refractivity contribution is 6.32. The molecule has 0 fully saturated rings. The smallest absolute Gasteiger partial charge is 0.303 e. The Morgan fingerprint density at radius 3 is 2.33 bits per heavy atom. The maximum atomic E-state index is 12.0. The first-order valence-corrected chi connectivity index (χ1v) is 8.76. The molecule has 2 rings (SSSR count). The molecule has 0 heterocycles. The van der Waals surface area contributed by atoms with Crippen LogP contribution in [0, 0.1) is 13.8 Å². The normalized spacial score (nSPS) is 11.1. The molecule has 6 nitrogen and oxygen atoms in total. The summed E-state index contributed by atoms with van der Waals surface area (Å²) in [7, 11) is 0. The van der Waals surface area contributed by atoms with Crippen LogP contribution in [0.2, 0.25) is 5.02 Å². The van der Waals surface area contributed by atoms with E-state index in [9.17, 15) is 9.59 Å². The van der Waals surface area contributed by atoms with Gasteiger partial charge in [-0.1, -0.05) is 41.9 Å². The highest BCUT2D eigenvalue weighted by Crippen LogP contribution is 2.25. The third kappa shape index (κ3) is 6.42. The molecule has 0 atom stereocenters. The van der Waals surface area contributed by atoms with Gasteiger partial charge in [0.05, 0.1) is 12.1 Å². The molecule has 0 radical (unpaired) electrons. The van der Waals surface area contributed by atoms with Crippen molar-refractivity contribution < 1.29 is 19.4 Å². The van der Waals surface area contributed by atoms with Crippen molar-refractivity contribution in [3.63, 3.8) is 0 Å². The minimum absolute atomic E-state index is 0.0799. The van der Waals surface area contributed by atoms with Crippen LogP contribution >= 0.6 is 11.6 Å². The number of aryl methyl sites for hydroxylation is 2. The third-order valence-corrected chi connectivity index (χ3v) is 4.37. The molecule has 142 valence electrons. The number of benzene rings is 2. The topological polar surface area (TPSA) is 88.0 Å². The first-order chi connectivity index (χ1) is 12.9. The fraction of sp³-hybridized carbons (Fsp3) is 0.250. The van der Waals surface area contributed by atoms with E-state index in [0.717, 1.165) is 16.7 Å². The van der Waals surface area contributed by atoms with Crippen molar-refractivity contribution in [2.24, 2.45) is 5.10 Å². The molecule has 0 spiro atoms. The largest absolute Gasteiger partial charge is 0.484 e. The van der Waals surface area contributed by atoms with Crippen molar-refractivity contribution in [2.45, 2.75) is 26.7 Å². The Kier molecular flexibility index (Phi) is 7.37. The Balaban J connectivity index is 2.00. The van der Waals surface area contributed by atoms with Gasteiger partial charge in [0.1, 0.15) is 5.75 Å². The quantitative estimate of drug-likeness (QED) is 0.533. The molecular formula is C20H21ClN2O4. The van der Waals surface area contributed by atoms with Crippen LogP contribution in [0.25, 0.3) is 0 Å². The van der Waals surface area contributed by atoms with E-state index in [1.807, 2.05) is 44.2 Å². The molecule has 0 unspecified atom stereocenters. The maximum absolute atomic E-state index is 12.0. The Hall–Kier alpha value is -2.86. The second kappa shape index (κ2) is 9.73. The van der Waals surface area contributed by atoms with Crippen molar-refractivity contribution in [1.29, 1.82) is 0 Å². The van der Waals surface area contributed by atoms with Crippen LogP contribution in [0.3, 0.4) is 0 Å². The lowest BCUT2D eigenvalue weighted by Crippen LogP contribution is -2.26. The summed E-state index contributed by atoms with van der Waals surface area (Å²) >= 11 is 6.11. The van der Waals surface area contributed by atoms with Crippen molar-refractivity contribution in [3.8, 4) is 5.75 Å². The molecule has 1 amide bonds. The number of ether oxygens (including phenoxy) is 1. The van der Waals surface area contributed by atoms with E-state index in [-0.39, 0.29) is 19.4 Å². The molecule has 0 aliphatic carbocycles. The minimum atomic E-state index is -0.929. The molecule has 2 N–H and O–H groups in total. The summed E-state index contributed by atoms with van der Waals surface area (Å²) in [5.74, 6) is -0.825. The van der Waals surface area contributed by atoms with Gasteiger partial charge in [-0.2, -0.15) is 5.10 Å². The number of carboxylic acid groups (broad SMARTS) is 1. The molecule has 27 heavy (non-hydrogen) atoms. The van der Waals surface area contributed by atoms with E-state index >= 15 is 0 Å². The Morgan fingerprint density at radius 2 is 1.74 bits per heavy atom. The molecule has 7 heteroatoms. The summed E-state index contributed by atoms with van der Waals surface area (Å²) in [6, 6.07) is 12.6. The van der Waals surface area contributed by atoms with Crippen LogP contribution in [-0.4, -0.2) is 29.3 Å². The molecule has 0 bridgehead atoms. The minimum Gasteiger partial charge on any atom is -0.484 e. The zero-order valence-electron chi connectivity index (χ0n) is 15.2. The van der Waals surface area contributed by atoms with Gasteiger partial charge >= 0.3 is 5.97 Å². The number of carbonyl (C=O) groups is 2. The Morgan fingerprint density at radius 1 is 1.11 bits per heavy atom. The first-order valence-electron chi connectivity index (χ1n) is 8.39. The summed E-state index contributed by atoms with van der Waals surface area (Å²) in [5, 5.41) is 13.6. The molecule has 2 aromatic carbocycles. The van der Waals surface area contributed by atoms with Gasteiger partial charge in [0, 0.05) is 11.4 Å². The number of hydrogen-bond donors (Lipinski definition) is 2. The van der Waals surface area contributed by atoms with Crippen molar-refractivity contribution >= 4 is 29.2 Å². The number of rotatable bonds is 8. The van der Waals surface area contributed by atoms with Gasteiger partial charge in [0.25, 0.3) is 5.91 Å². The van der Waals surface area contributed by atoms with Crippen LogP contribution in [0.5, 0.6) is 5.75 Å². The average Bonchev–Trinajstić information content (AvgIpc) is 2.64. The number of aliphatic carboxylic acids is 1. The lowest BCUT2D eigenvalue weighted by Gasteiger charge is -2.10. The molecule has 0 aromatic heterocycles. The number of halogens is 1. The predicted octanol–water partition coefficient (Wildman–Crippen LogP) is 3.72. The fourth-order valence-corrected chi connectivity index (χ4v) is 2.53. The SMILES string of the molecule is Cc1cc(OCC(=O)NN=C(CCC(=O)O)c2ccccc2)cc(C)c1Cl. The highest BCUT2D eigenvalue weighted by atomic mass is 35.5. The molecule has 0 aliphatic rings.